The summed E-state index contributed by atoms with van der Waals surface area (Å²) in [5.41, 5.74) is 2.46. The third-order valence-electron chi connectivity index (χ3n) is 5.86. The van der Waals surface area contributed by atoms with Gasteiger partial charge in [-0.05, 0) is 37.3 Å². The first-order valence-electron chi connectivity index (χ1n) is 10.0. The van der Waals surface area contributed by atoms with Crippen LogP contribution in [0.5, 0.6) is 0 Å². The lowest BCUT2D eigenvalue weighted by atomic mass is 9.93. The van der Waals surface area contributed by atoms with Gasteiger partial charge in [-0.25, -0.2) is 12.7 Å². The van der Waals surface area contributed by atoms with Crippen LogP contribution in [0.4, 0.5) is 0 Å². The fourth-order valence-corrected chi connectivity index (χ4v) is 5.17. The summed E-state index contributed by atoms with van der Waals surface area (Å²) in [5, 5.41) is 3.40. The Hall–Kier alpha value is -1.44. The van der Waals surface area contributed by atoms with Crippen LogP contribution in [0.3, 0.4) is 0 Å². The third kappa shape index (κ3) is 4.52. The molecule has 2 aliphatic heterocycles. The van der Waals surface area contributed by atoms with E-state index in [9.17, 15) is 13.2 Å². The summed E-state index contributed by atoms with van der Waals surface area (Å²) in [6.45, 7) is 6.98. The van der Waals surface area contributed by atoms with Crippen molar-refractivity contribution < 1.29 is 13.2 Å². The monoisotopic (exact) mass is 393 g/mol. The van der Waals surface area contributed by atoms with E-state index in [1.54, 1.807) is 6.92 Å². The molecule has 0 saturated carbocycles. The quantitative estimate of drug-likeness (QED) is 0.828. The third-order valence-corrected chi connectivity index (χ3v) is 7.74. The van der Waals surface area contributed by atoms with Gasteiger partial charge in [-0.2, -0.15) is 0 Å². The van der Waals surface area contributed by atoms with E-state index in [1.807, 2.05) is 4.90 Å². The second kappa shape index (κ2) is 8.71. The number of nitrogens with zero attached hydrogens (tertiary/aromatic N) is 2. The second-order valence-electron chi connectivity index (χ2n) is 7.42. The van der Waals surface area contributed by atoms with Gasteiger partial charge in [-0.3, -0.25) is 4.79 Å². The molecule has 7 heteroatoms. The number of nitrogens with one attached hydrogen (secondary N) is 1. The molecule has 1 amide bonds. The van der Waals surface area contributed by atoms with E-state index in [0.29, 0.717) is 32.5 Å². The van der Waals surface area contributed by atoms with Crippen molar-refractivity contribution in [1.29, 1.82) is 0 Å². The molecular formula is C20H31N3O3S. The summed E-state index contributed by atoms with van der Waals surface area (Å²) in [4.78, 5) is 15.2. The SMILES string of the molecule is CCc1ccc(C2CNCCN2C(=O)C2CCN(S(=O)(=O)CC)CC2)cc1. The maximum Gasteiger partial charge on any atom is 0.226 e. The van der Waals surface area contributed by atoms with E-state index < -0.39 is 10.0 Å². The van der Waals surface area contributed by atoms with Crippen molar-refractivity contribution in [2.75, 3.05) is 38.5 Å². The first kappa shape index (κ1) is 20.3. The van der Waals surface area contributed by atoms with Gasteiger partial charge in [0.15, 0.2) is 0 Å². The lowest BCUT2D eigenvalue weighted by Gasteiger charge is -2.40. The minimum absolute atomic E-state index is 0.0505. The number of amides is 1. The first-order chi connectivity index (χ1) is 13.0. The molecule has 0 aliphatic carbocycles. The topological polar surface area (TPSA) is 69.7 Å². The summed E-state index contributed by atoms with van der Waals surface area (Å²) in [5.74, 6) is 0.220. The number of sulfonamides is 1. The van der Waals surface area contributed by atoms with Gasteiger partial charge in [0.2, 0.25) is 15.9 Å². The van der Waals surface area contributed by atoms with Crippen LogP contribution in [0.25, 0.3) is 0 Å². The Morgan fingerprint density at radius 3 is 2.37 bits per heavy atom. The van der Waals surface area contributed by atoms with E-state index in [2.05, 4.69) is 36.5 Å². The number of piperazine rings is 1. The van der Waals surface area contributed by atoms with Crippen LogP contribution in [-0.2, 0) is 21.2 Å². The Balaban J connectivity index is 1.69. The largest absolute Gasteiger partial charge is 0.333 e. The predicted molar refractivity (Wildman–Crippen MR) is 107 cm³/mol. The van der Waals surface area contributed by atoms with Crippen LogP contribution in [0.1, 0.15) is 43.9 Å². The van der Waals surface area contributed by atoms with Gasteiger partial charge in [0.05, 0.1) is 11.8 Å². The molecule has 0 bridgehead atoms. The molecule has 2 saturated heterocycles. The highest BCUT2D eigenvalue weighted by Crippen LogP contribution is 2.28. The van der Waals surface area contributed by atoms with Crippen LogP contribution in [0.15, 0.2) is 24.3 Å². The number of piperidine rings is 1. The number of carbonyl (C=O) groups excluding carboxylic acids is 1. The maximum absolute atomic E-state index is 13.2. The Kier molecular flexibility index (Phi) is 6.55. The zero-order valence-electron chi connectivity index (χ0n) is 16.4. The van der Waals surface area contributed by atoms with Crippen molar-refractivity contribution in [1.82, 2.24) is 14.5 Å². The molecule has 1 aromatic carbocycles. The van der Waals surface area contributed by atoms with Crippen molar-refractivity contribution in [2.45, 2.75) is 39.2 Å². The Morgan fingerprint density at radius 2 is 1.78 bits per heavy atom. The summed E-state index contributed by atoms with van der Waals surface area (Å²) in [6.07, 6.45) is 2.23. The van der Waals surface area contributed by atoms with Crippen molar-refractivity contribution in [3.63, 3.8) is 0 Å². The van der Waals surface area contributed by atoms with Crippen LogP contribution >= 0.6 is 0 Å². The fourth-order valence-electron chi connectivity index (χ4n) is 4.04. The van der Waals surface area contributed by atoms with E-state index in [-0.39, 0.29) is 23.6 Å². The fraction of sp³-hybridized carbons (Fsp3) is 0.650. The molecule has 1 aromatic rings. The number of carbonyl (C=O) groups is 1. The van der Waals surface area contributed by atoms with E-state index >= 15 is 0 Å². The normalized spacial score (nSPS) is 22.7. The van der Waals surface area contributed by atoms with Crippen LogP contribution in [-0.4, -0.2) is 62.0 Å². The van der Waals surface area contributed by atoms with Crippen molar-refractivity contribution >= 4 is 15.9 Å². The molecule has 0 radical (unpaired) electrons. The molecule has 1 atom stereocenters. The molecule has 1 unspecified atom stereocenters. The molecule has 27 heavy (non-hydrogen) atoms. The first-order valence-corrected chi connectivity index (χ1v) is 11.6. The number of hydrogen-bond donors (Lipinski definition) is 1. The molecule has 1 N–H and O–H groups in total. The summed E-state index contributed by atoms with van der Waals surface area (Å²) >= 11 is 0. The van der Waals surface area contributed by atoms with Gasteiger partial charge in [0, 0.05) is 38.6 Å². The average Bonchev–Trinajstić information content (AvgIpc) is 2.73. The van der Waals surface area contributed by atoms with Gasteiger partial charge >= 0.3 is 0 Å². The van der Waals surface area contributed by atoms with Gasteiger partial charge in [0.25, 0.3) is 0 Å². The molecule has 0 spiro atoms. The summed E-state index contributed by atoms with van der Waals surface area (Å²) in [6, 6.07) is 8.59. The maximum atomic E-state index is 13.2. The van der Waals surface area contributed by atoms with Crippen molar-refractivity contribution in [2.24, 2.45) is 5.92 Å². The molecule has 2 fully saturated rings. The summed E-state index contributed by atoms with van der Waals surface area (Å²) in [7, 11) is -3.16. The minimum atomic E-state index is -3.16. The van der Waals surface area contributed by atoms with Crippen molar-refractivity contribution in [3.05, 3.63) is 35.4 Å². The van der Waals surface area contributed by atoms with E-state index in [4.69, 9.17) is 0 Å². The standard InChI is InChI=1S/C20H31N3O3S/c1-3-16-5-7-17(8-6-16)19-15-21-11-14-23(19)20(24)18-9-12-22(13-10-18)27(25,26)4-2/h5-8,18-19,21H,3-4,9-15H2,1-2H3. The second-order valence-corrected chi connectivity index (χ2v) is 9.68. The highest BCUT2D eigenvalue weighted by atomic mass is 32.2. The summed E-state index contributed by atoms with van der Waals surface area (Å²) < 4.78 is 25.6. The lowest BCUT2D eigenvalue weighted by Crippen LogP contribution is -2.52. The Bertz CT molecular complexity index is 740. The van der Waals surface area contributed by atoms with Gasteiger partial charge in [0.1, 0.15) is 0 Å². The van der Waals surface area contributed by atoms with Gasteiger partial charge < -0.3 is 10.2 Å². The highest BCUT2D eigenvalue weighted by Gasteiger charge is 2.35. The number of aryl methyl sites for hydroxylation is 1. The minimum Gasteiger partial charge on any atom is -0.333 e. The van der Waals surface area contributed by atoms with E-state index in [0.717, 1.165) is 19.5 Å². The molecule has 2 heterocycles. The molecule has 2 aliphatic rings. The van der Waals surface area contributed by atoms with Crippen LogP contribution in [0.2, 0.25) is 0 Å². The number of benzene rings is 1. The molecular weight excluding hydrogens is 362 g/mol. The lowest BCUT2D eigenvalue weighted by molar-refractivity contribution is -0.140. The average molecular weight is 394 g/mol. The van der Waals surface area contributed by atoms with Gasteiger partial charge in [-0.1, -0.05) is 31.2 Å². The molecule has 0 aromatic heterocycles. The van der Waals surface area contributed by atoms with Gasteiger partial charge in [-0.15, -0.1) is 0 Å². The highest BCUT2D eigenvalue weighted by molar-refractivity contribution is 7.89. The number of hydrogen-bond acceptors (Lipinski definition) is 4. The Morgan fingerprint density at radius 1 is 1.11 bits per heavy atom. The zero-order chi connectivity index (χ0) is 19.4. The number of rotatable bonds is 5. The van der Waals surface area contributed by atoms with Crippen LogP contribution < -0.4 is 5.32 Å². The smallest absolute Gasteiger partial charge is 0.226 e. The van der Waals surface area contributed by atoms with Crippen LogP contribution in [0, 0.1) is 5.92 Å². The zero-order valence-corrected chi connectivity index (χ0v) is 17.2. The predicted octanol–water partition coefficient (Wildman–Crippen LogP) is 1.78. The molecule has 3 rings (SSSR count). The molecule has 6 nitrogen and oxygen atoms in total. The van der Waals surface area contributed by atoms with E-state index in [1.165, 1.54) is 15.4 Å². The Labute approximate surface area is 163 Å². The van der Waals surface area contributed by atoms with Crippen molar-refractivity contribution in [3.8, 4) is 0 Å². The molecule has 150 valence electrons.